The normalized spacial score (nSPS) is 35.8. The van der Waals surface area contributed by atoms with Gasteiger partial charge in [0.15, 0.2) is 0 Å². The van der Waals surface area contributed by atoms with Crippen molar-refractivity contribution in [2.45, 2.75) is 26.7 Å². The Kier molecular flexibility index (Phi) is 2.43. The molecule has 0 bridgehead atoms. The Morgan fingerprint density at radius 1 is 1.37 bits per heavy atom. The summed E-state index contributed by atoms with van der Waals surface area (Å²) in [6, 6.07) is 0. The molecule has 1 fully saturated rings. The lowest BCUT2D eigenvalue weighted by molar-refractivity contribution is -0.150. The van der Waals surface area contributed by atoms with Gasteiger partial charge < -0.3 is 9.47 Å². The van der Waals surface area contributed by atoms with E-state index < -0.39 is 11.4 Å². The number of esters is 1. The van der Waals surface area contributed by atoms with Crippen molar-refractivity contribution in [3.05, 3.63) is 23.5 Å². The van der Waals surface area contributed by atoms with Crippen LogP contribution in [-0.2, 0) is 19.1 Å². The van der Waals surface area contributed by atoms with Gasteiger partial charge >= 0.3 is 5.97 Å². The maximum atomic E-state index is 12.3. The lowest BCUT2D eigenvalue weighted by Gasteiger charge is -2.45. The summed E-state index contributed by atoms with van der Waals surface area (Å²) in [7, 11) is 1.46. The number of methoxy groups -OCH3 is 1. The number of cyclic esters (lactones) is 1. The van der Waals surface area contributed by atoms with Crippen LogP contribution in [0, 0.1) is 16.7 Å². The summed E-state index contributed by atoms with van der Waals surface area (Å²) in [4.78, 5) is 24.0. The number of rotatable bonds is 2. The van der Waals surface area contributed by atoms with Crippen LogP contribution < -0.4 is 0 Å². The molecule has 0 saturated heterocycles. The number of allylic oxidation sites excluding steroid dienone is 1. The van der Waals surface area contributed by atoms with Gasteiger partial charge in [0, 0.05) is 17.9 Å². The Morgan fingerprint density at radius 2 is 2.11 bits per heavy atom. The van der Waals surface area contributed by atoms with Crippen LogP contribution in [0.1, 0.15) is 26.7 Å². The van der Waals surface area contributed by atoms with E-state index in [-0.39, 0.29) is 29.5 Å². The van der Waals surface area contributed by atoms with Gasteiger partial charge in [-0.15, -0.1) is 0 Å². The van der Waals surface area contributed by atoms with Crippen molar-refractivity contribution in [2.75, 3.05) is 13.7 Å². The Bertz CT molecular complexity index is 526. The minimum Gasteiger partial charge on any atom is -0.490 e. The largest absolute Gasteiger partial charge is 0.490 e. The maximum absolute atomic E-state index is 12.3. The van der Waals surface area contributed by atoms with E-state index in [1.54, 1.807) is 0 Å². The van der Waals surface area contributed by atoms with Crippen LogP contribution in [0.5, 0.6) is 0 Å². The van der Waals surface area contributed by atoms with Crippen molar-refractivity contribution in [3.63, 3.8) is 0 Å². The van der Waals surface area contributed by atoms with E-state index in [4.69, 9.17) is 9.47 Å². The molecule has 3 aliphatic rings. The number of carbonyl (C=O) groups is 2. The summed E-state index contributed by atoms with van der Waals surface area (Å²) in [5.74, 6) is -0.00515. The predicted molar refractivity (Wildman–Crippen MR) is 68.1 cm³/mol. The molecule has 0 aromatic heterocycles. The van der Waals surface area contributed by atoms with Crippen molar-refractivity contribution in [1.29, 1.82) is 0 Å². The highest BCUT2D eigenvalue weighted by molar-refractivity contribution is 5.93. The lowest BCUT2D eigenvalue weighted by atomic mass is 9.61. The van der Waals surface area contributed by atoms with E-state index >= 15 is 0 Å². The highest BCUT2D eigenvalue weighted by atomic mass is 16.6. The van der Waals surface area contributed by atoms with Crippen LogP contribution >= 0.6 is 0 Å². The maximum Gasteiger partial charge on any atom is 0.373 e. The molecule has 4 nitrogen and oxygen atoms in total. The van der Waals surface area contributed by atoms with Gasteiger partial charge in [-0.25, -0.2) is 4.79 Å². The third-order valence-electron chi connectivity index (χ3n) is 4.55. The zero-order chi connectivity index (χ0) is 13.8. The third-order valence-corrected chi connectivity index (χ3v) is 4.55. The van der Waals surface area contributed by atoms with Crippen molar-refractivity contribution in [2.24, 2.45) is 16.7 Å². The molecule has 4 heteroatoms. The first-order valence-electron chi connectivity index (χ1n) is 6.57. The molecule has 0 radical (unpaired) electrons. The molecule has 2 aliphatic carbocycles. The van der Waals surface area contributed by atoms with Crippen LogP contribution in [0.2, 0.25) is 0 Å². The SMILES string of the molecule is COC1=C2C=CC2(C2CC(C)(C)CC2=O)COC1=O. The van der Waals surface area contributed by atoms with Gasteiger partial charge in [0.25, 0.3) is 0 Å². The topological polar surface area (TPSA) is 52.6 Å². The molecule has 0 amide bonds. The van der Waals surface area contributed by atoms with Gasteiger partial charge in [-0.3, -0.25) is 4.79 Å². The second kappa shape index (κ2) is 3.71. The molecule has 1 aliphatic heterocycles. The lowest BCUT2D eigenvalue weighted by Crippen LogP contribution is -2.46. The van der Waals surface area contributed by atoms with Gasteiger partial charge in [-0.1, -0.05) is 26.0 Å². The fourth-order valence-electron chi connectivity index (χ4n) is 3.55. The van der Waals surface area contributed by atoms with Gasteiger partial charge in [-0.05, 0) is 11.8 Å². The highest BCUT2D eigenvalue weighted by Gasteiger charge is 2.57. The molecule has 2 unspecified atom stereocenters. The zero-order valence-electron chi connectivity index (χ0n) is 11.5. The summed E-state index contributed by atoms with van der Waals surface area (Å²) in [6.07, 6.45) is 5.29. The molecule has 0 N–H and O–H groups in total. The van der Waals surface area contributed by atoms with Crippen LogP contribution in [0.15, 0.2) is 23.5 Å². The molecule has 2 atom stereocenters. The molecular formula is C15H18O4. The van der Waals surface area contributed by atoms with E-state index in [1.165, 1.54) is 7.11 Å². The predicted octanol–water partition coefficient (Wildman–Crippen LogP) is 2.01. The third kappa shape index (κ3) is 1.58. The molecule has 19 heavy (non-hydrogen) atoms. The summed E-state index contributed by atoms with van der Waals surface area (Å²) in [6.45, 7) is 4.48. The second-order valence-corrected chi connectivity index (χ2v) is 6.46. The number of carbonyl (C=O) groups excluding carboxylic acids is 2. The number of hydrogen-bond donors (Lipinski definition) is 0. The van der Waals surface area contributed by atoms with Crippen molar-refractivity contribution < 1.29 is 19.1 Å². The van der Waals surface area contributed by atoms with Crippen molar-refractivity contribution in [3.8, 4) is 0 Å². The quantitative estimate of drug-likeness (QED) is 0.714. The average Bonchev–Trinajstić information content (AvgIpc) is 2.57. The second-order valence-electron chi connectivity index (χ2n) is 6.46. The molecule has 3 rings (SSSR count). The fourth-order valence-corrected chi connectivity index (χ4v) is 3.55. The first-order valence-corrected chi connectivity index (χ1v) is 6.57. The Morgan fingerprint density at radius 3 is 2.58 bits per heavy atom. The van der Waals surface area contributed by atoms with E-state index in [9.17, 15) is 9.59 Å². The van der Waals surface area contributed by atoms with Gasteiger partial charge in [0.2, 0.25) is 5.76 Å². The van der Waals surface area contributed by atoms with Crippen LogP contribution in [0.3, 0.4) is 0 Å². The Hall–Kier alpha value is -1.58. The number of hydrogen-bond acceptors (Lipinski definition) is 4. The molecule has 1 saturated carbocycles. The summed E-state index contributed by atoms with van der Waals surface area (Å²) < 4.78 is 10.4. The van der Waals surface area contributed by atoms with Crippen LogP contribution in [0.25, 0.3) is 0 Å². The minimum atomic E-state index is -0.440. The van der Waals surface area contributed by atoms with Gasteiger partial charge in [-0.2, -0.15) is 0 Å². The first kappa shape index (κ1) is 12.5. The first-order chi connectivity index (χ1) is 8.89. The smallest absolute Gasteiger partial charge is 0.373 e. The minimum absolute atomic E-state index is 0.0275. The summed E-state index contributed by atoms with van der Waals surface area (Å²) >= 11 is 0. The fraction of sp³-hybridized carbons (Fsp3) is 0.600. The molecular weight excluding hydrogens is 244 g/mol. The van der Waals surface area contributed by atoms with Crippen molar-refractivity contribution >= 4 is 11.8 Å². The van der Waals surface area contributed by atoms with E-state index in [0.29, 0.717) is 6.42 Å². The van der Waals surface area contributed by atoms with E-state index in [1.807, 2.05) is 12.2 Å². The molecule has 0 spiro atoms. The number of ketones is 1. The average molecular weight is 262 g/mol. The van der Waals surface area contributed by atoms with Crippen LogP contribution in [-0.4, -0.2) is 25.5 Å². The highest BCUT2D eigenvalue weighted by Crippen LogP contribution is 2.56. The Labute approximate surface area is 112 Å². The van der Waals surface area contributed by atoms with Gasteiger partial charge in [0.05, 0.1) is 12.5 Å². The Balaban J connectivity index is 2.02. The zero-order valence-corrected chi connectivity index (χ0v) is 11.5. The molecule has 1 heterocycles. The number of ether oxygens (including phenoxy) is 2. The monoisotopic (exact) mass is 262 g/mol. The number of Topliss-reactive ketones (excluding diaryl/α,β-unsaturated/α-hetero) is 1. The molecule has 0 aromatic carbocycles. The van der Waals surface area contributed by atoms with E-state index in [0.717, 1.165) is 12.0 Å². The standard InChI is InChI=1S/C15H18O4/c1-14(2)6-10(11(16)7-14)15-5-4-9(15)12(18-3)13(17)19-8-15/h4-5,10H,6-8H2,1-3H3. The summed E-state index contributed by atoms with van der Waals surface area (Å²) in [5.41, 5.74) is 0.423. The molecule has 0 aromatic rings. The van der Waals surface area contributed by atoms with Crippen LogP contribution in [0.4, 0.5) is 0 Å². The van der Waals surface area contributed by atoms with Crippen molar-refractivity contribution in [1.82, 2.24) is 0 Å². The summed E-state index contributed by atoms with van der Waals surface area (Å²) in [5, 5.41) is 0. The van der Waals surface area contributed by atoms with Gasteiger partial charge in [0.1, 0.15) is 12.4 Å². The van der Waals surface area contributed by atoms with E-state index in [2.05, 4.69) is 13.8 Å². The number of fused-ring (bicyclic) bond motifs is 1. The molecule has 102 valence electrons.